The smallest absolute Gasteiger partial charge is 0.270 e. The van der Waals surface area contributed by atoms with E-state index in [0.717, 1.165) is 15.4 Å². The van der Waals surface area contributed by atoms with E-state index < -0.39 is 6.04 Å². The molecule has 1 atom stereocenters. The molecule has 154 valence electrons. The molecule has 1 aromatic carbocycles. The zero-order valence-electron chi connectivity index (χ0n) is 16.7. The Morgan fingerprint density at radius 2 is 2.03 bits per heavy atom. The Balaban J connectivity index is 1.59. The van der Waals surface area contributed by atoms with E-state index in [0.29, 0.717) is 29.4 Å². The van der Waals surface area contributed by atoms with Gasteiger partial charge in [0.2, 0.25) is 0 Å². The van der Waals surface area contributed by atoms with Crippen molar-refractivity contribution >= 4 is 22.9 Å². The third kappa shape index (κ3) is 4.05. The summed E-state index contributed by atoms with van der Waals surface area (Å²) in [4.78, 5) is 22.9. The first-order valence-electron chi connectivity index (χ1n) is 9.55. The SMILES string of the molecule is Cc1ncc(COc2cccn3c(C(=O)N[C@@H](CO)c4ccccc4)c(C)nc23)s1. The topological polar surface area (TPSA) is 88.8 Å². The van der Waals surface area contributed by atoms with Crippen LogP contribution in [0.5, 0.6) is 5.75 Å². The first kappa shape index (κ1) is 20.1. The Hall–Kier alpha value is -3.23. The highest BCUT2D eigenvalue weighted by molar-refractivity contribution is 7.11. The lowest BCUT2D eigenvalue weighted by Gasteiger charge is -2.17. The summed E-state index contributed by atoms with van der Waals surface area (Å²) in [7, 11) is 0. The van der Waals surface area contributed by atoms with Crippen LogP contribution in [0.15, 0.2) is 54.9 Å². The van der Waals surface area contributed by atoms with Gasteiger partial charge in [-0.15, -0.1) is 11.3 Å². The summed E-state index contributed by atoms with van der Waals surface area (Å²) in [5, 5.41) is 13.7. The molecule has 8 heteroatoms. The van der Waals surface area contributed by atoms with Gasteiger partial charge in [-0.25, -0.2) is 9.97 Å². The number of aliphatic hydroxyl groups is 1. The highest BCUT2D eigenvalue weighted by atomic mass is 32.1. The van der Waals surface area contributed by atoms with Gasteiger partial charge < -0.3 is 15.2 Å². The molecule has 0 radical (unpaired) electrons. The number of nitrogens with one attached hydrogen (secondary N) is 1. The van der Waals surface area contributed by atoms with E-state index in [9.17, 15) is 9.90 Å². The second-order valence-corrected chi connectivity index (χ2v) is 8.18. The normalized spacial score (nSPS) is 12.1. The van der Waals surface area contributed by atoms with Crippen LogP contribution in [0, 0.1) is 13.8 Å². The summed E-state index contributed by atoms with van der Waals surface area (Å²) >= 11 is 1.58. The Morgan fingerprint density at radius 1 is 1.23 bits per heavy atom. The van der Waals surface area contributed by atoms with Crippen LogP contribution in [0.3, 0.4) is 0 Å². The lowest BCUT2D eigenvalue weighted by Crippen LogP contribution is -2.32. The molecule has 3 heterocycles. The first-order valence-corrected chi connectivity index (χ1v) is 10.4. The van der Waals surface area contributed by atoms with Crippen molar-refractivity contribution in [1.82, 2.24) is 19.7 Å². The van der Waals surface area contributed by atoms with Crippen LogP contribution in [-0.4, -0.2) is 32.0 Å². The third-order valence-electron chi connectivity index (χ3n) is 4.73. The van der Waals surface area contributed by atoms with Crippen LogP contribution < -0.4 is 10.1 Å². The number of imidazole rings is 1. The maximum atomic E-state index is 13.0. The molecule has 0 unspecified atom stereocenters. The van der Waals surface area contributed by atoms with E-state index in [2.05, 4.69) is 15.3 Å². The average Bonchev–Trinajstić information content (AvgIpc) is 3.33. The lowest BCUT2D eigenvalue weighted by atomic mass is 10.1. The van der Waals surface area contributed by atoms with Gasteiger partial charge in [0.25, 0.3) is 5.91 Å². The minimum Gasteiger partial charge on any atom is -0.484 e. The number of aliphatic hydroxyl groups excluding tert-OH is 1. The Morgan fingerprint density at radius 3 is 2.73 bits per heavy atom. The number of carbonyl (C=O) groups is 1. The van der Waals surface area contributed by atoms with E-state index >= 15 is 0 Å². The fourth-order valence-corrected chi connectivity index (χ4v) is 4.02. The highest BCUT2D eigenvalue weighted by Crippen LogP contribution is 2.24. The number of carbonyl (C=O) groups excluding carboxylic acids is 1. The van der Waals surface area contributed by atoms with E-state index in [1.54, 1.807) is 35.1 Å². The number of aryl methyl sites for hydroxylation is 2. The van der Waals surface area contributed by atoms with Gasteiger partial charge in [-0.3, -0.25) is 9.20 Å². The molecule has 0 aliphatic heterocycles. The number of hydrogen-bond acceptors (Lipinski definition) is 6. The molecule has 4 rings (SSSR count). The maximum Gasteiger partial charge on any atom is 0.270 e. The summed E-state index contributed by atoms with van der Waals surface area (Å²) < 4.78 is 7.67. The van der Waals surface area contributed by atoms with Crippen LogP contribution in [0.25, 0.3) is 5.65 Å². The molecule has 30 heavy (non-hydrogen) atoms. The van der Waals surface area contributed by atoms with E-state index in [1.807, 2.05) is 49.4 Å². The summed E-state index contributed by atoms with van der Waals surface area (Å²) in [5.41, 5.74) is 2.41. The van der Waals surface area contributed by atoms with Crippen LogP contribution in [-0.2, 0) is 6.61 Å². The maximum absolute atomic E-state index is 13.0. The van der Waals surface area contributed by atoms with Crippen LogP contribution >= 0.6 is 11.3 Å². The number of aromatic nitrogens is 3. The van der Waals surface area contributed by atoms with Crippen molar-refractivity contribution < 1.29 is 14.6 Å². The summed E-state index contributed by atoms with van der Waals surface area (Å²) in [6.45, 7) is 3.93. The molecule has 0 saturated carbocycles. The molecular weight excluding hydrogens is 400 g/mol. The minimum atomic E-state index is -0.502. The first-order chi connectivity index (χ1) is 14.6. The number of fused-ring (bicyclic) bond motifs is 1. The van der Waals surface area contributed by atoms with Gasteiger partial charge in [-0.2, -0.15) is 0 Å². The molecular formula is C22H22N4O3S. The largest absolute Gasteiger partial charge is 0.484 e. The molecule has 0 saturated heterocycles. The monoisotopic (exact) mass is 422 g/mol. The quantitative estimate of drug-likeness (QED) is 0.476. The molecule has 0 fully saturated rings. The van der Waals surface area contributed by atoms with Crippen molar-refractivity contribution in [3.05, 3.63) is 81.7 Å². The zero-order chi connectivity index (χ0) is 21.1. The van der Waals surface area contributed by atoms with Gasteiger partial charge in [0, 0.05) is 12.4 Å². The van der Waals surface area contributed by atoms with E-state index in [1.165, 1.54) is 0 Å². The Bertz CT molecular complexity index is 1170. The number of hydrogen-bond donors (Lipinski definition) is 2. The molecule has 7 nitrogen and oxygen atoms in total. The number of rotatable bonds is 7. The molecule has 0 spiro atoms. The Labute approximate surface area is 178 Å². The van der Waals surface area contributed by atoms with Crippen molar-refractivity contribution in [2.45, 2.75) is 26.5 Å². The standard InChI is InChI=1S/C22H22N4O3S/c1-14-20(22(28)25-18(12-27)16-7-4-3-5-8-16)26-10-6-9-19(21(26)24-14)29-13-17-11-23-15(2)30-17/h3-11,18,27H,12-13H2,1-2H3,(H,25,28)/t18-/m0/s1. The van der Waals surface area contributed by atoms with Crippen molar-refractivity contribution in [2.75, 3.05) is 6.61 Å². The second-order valence-electron chi connectivity index (χ2n) is 6.87. The molecule has 4 aromatic rings. The van der Waals surface area contributed by atoms with Gasteiger partial charge in [-0.1, -0.05) is 30.3 Å². The minimum absolute atomic E-state index is 0.200. The summed E-state index contributed by atoms with van der Waals surface area (Å²) in [5.74, 6) is 0.283. The summed E-state index contributed by atoms with van der Waals surface area (Å²) in [6, 6.07) is 12.5. The van der Waals surface area contributed by atoms with Crippen molar-refractivity contribution in [3.63, 3.8) is 0 Å². The number of nitrogens with zero attached hydrogens (tertiary/aromatic N) is 3. The van der Waals surface area contributed by atoms with Crippen LogP contribution in [0.1, 0.15) is 37.7 Å². The lowest BCUT2D eigenvalue weighted by molar-refractivity contribution is 0.0909. The van der Waals surface area contributed by atoms with E-state index in [4.69, 9.17) is 4.74 Å². The Kier molecular flexibility index (Phi) is 5.78. The summed E-state index contributed by atoms with van der Waals surface area (Å²) in [6.07, 6.45) is 3.58. The van der Waals surface area contributed by atoms with Crippen molar-refractivity contribution in [1.29, 1.82) is 0 Å². The average molecular weight is 423 g/mol. The predicted octanol–water partition coefficient (Wildman–Crippen LogP) is 3.45. The number of thiazole rings is 1. The molecule has 0 aliphatic rings. The van der Waals surface area contributed by atoms with Gasteiger partial charge in [0.05, 0.1) is 28.2 Å². The number of benzene rings is 1. The highest BCUT2D eigenvalue weighted by Gasteiger charge is 2.22. The number of ether oxygens (including phenoxy) is 1. The fraction of sp³-hybridized carbons (Fsp3) is 0.227. The van der Waals surface area contributed by atoms with Gasteiger partial charge in [0.15, 0.2) is 11.4 Å². The fourth-order valence-electron chi connectivity index (χ4n) is 3.31. The van der Waals surface area contributed by atoms with Gasteiger partial charge in [0.1, 0.15) is 12.3 Å². The van der Waals surface area contributed by atoms with Gasteiger partial charge >= 0.3 is 0 Å². The van der Waals surface area contributed by atoms with Crippen LogP contribution in [0.4, 0.5) is 0 Å². The zero-order valence-corrected chi connectivity index (χ0v) is 17.5. The molecule has 2 N–H and O–H groups in total. The van der Waals surface area contributed by atoms with Gasteiger partial charge in [-0.05, 0) is 31.5 Å². The number of pyridine rings is 1. The molecule has 1 amide bonds. The van der Waals surface area contributed by atoms with E-state index in [-0.39, 0.29) is 12.5 Å². The number of amides is 1. The molecule has 3 aromatic heterocycles. The van der Waals surface area contributed by atoms with Crippen molar-refractivity contribution in [2.24, 2.45) is 0 Å². The van der Waals surface area contributed by atoms with Crippen LogP contribution in [0.2, 0.25) is 0 Å². The van der Waals surface area contributed by atoms with Crippen molar-refractivity contribution in [3.8, 4) is 5.75 Å². The second kappa shape index (κ2) is 8.64. The molecule has 0 bridgehead atoms. The third-order valence-corrected chi connectivity index (χ3v) is 5.62. The molecule has 0 aliphatic carbocycles. The predicted molar refractivity (Wildman–Crippen MR) is 115 cm³/mol.